The van der Waals surface area contributed by atoms with E-state index < -0.39 is 0 Å². The third-order valence-electron chi connectivity index (χ3n) is 13.3. The number of aromatic nitrogens is 4. The van der Waals surface area contributed by atoms with Gasteiger partial charge in [0, 0.05) is 69.7 Å². The van der Waals surface area contributed by atoms with Crippen molar-refractivity contribution in [1.29, 1.82) is 0 Å². The van der Waals surface area contributed by atoms with Crippen LogP contribution in [0, 0.1) is 0 Å². The molecule has 0 atom stereocenters. The van der Waals surface area contributed by atoms with Gasteiger partial charge in [0.05, 0.1) is 11.0 Å². The number of rotatable bonds is 6. The molecule has 0 aliphatic carbocycles. The maximum Gasteiger partial charge on any atom is 0.164 e. The number of nitrogens with zero attached hydrogens (tertiary/aromatic N) is 4. The van der Waals surface area contributed by atoms with Gasteiger partial charge in [0.15, 0.2) is 17.5 Å². The summed E-state index contributed by atoms with van der Waals surface area (Å²) < 4.78 is 11.4. The summed E-state index contributed by atoms with van der Waals surface area (Å²) in [5, 5.41) is 9.65. The van der Waals surface area contributed by atoms with Crippen molar-refractivity contribution in [3.05, 3.63) is 218 Å². The second-order valence-corrected chi connectivity index (χ2v) is 18.2. The molecular formula is C63H42N4OS. The molecule has 0 unspecified atom stereocenters. The van der Waals surface area contributed by atoms with E-state index in [2.05, 4.69) is 168 Å². The Morgan fingerprint density at radius 2 is 0.971 bits per heavy atom. The molecule has 14 rings (SSSR count). The van der Waals surface area contributed by atoms with Crippen LogP contribution >= 0.6 is 11.3 Å². The maximum atomic E-state index is 6.29. The first kappa shape index (κ1) is 40.6. The van der Waals surface area contributed by atoms with Crippen LogP contribution in [0.2, 0.25) is 0 Å². The fourth-order valence-electron chi connectivity index (χ4n) is 10.1. The number of hydrogen-bond acceptors (Lipinski definition) is 5. The van der Waals surface area contributed by atoms with Crippen LogP contribution < -0.4 is 0 Å². The van der Waals surface area contributed by atoms with Gasteiger partial charge in [0.1, 0.15) is 11.2 Å². The van der Waals surface area contributed by atoms with E-state index >= 15 is 0 Å². The molecule has 0 radical (unpaired) electrons. The molecule has 14 aromatic rings. The van der Waals surface area contributed by atoms with Crippen LogP contribution in [0.3, 0.4) is 0 Å². The first-order valence-corrected chi connectivity index (χ1v) is 24.3. The zero-order valence-electron chi connectivity index (χ0n) is 37.9. The molecule has 69 heavy (non-hydrogen) atoms. The Morgan fingerprint density at radius 3 is 1.78 bits per heavy atom. The quantitative estimate of drug-likeness (QED) is 0.167. The Bertz CT molecular complexity index is 4280. The number of fused-ring (bicyclic) bond motifs is 11. The first-order valence-electron chi connectivity index (χ1n) is 23.5. The fraction of sp³-hybridized carbons (Fsp3) is 0.0317. The monoisotopic (exact) mass is 902 g/mol. The number of para-hydroxylation sites is 2. The molecule has 6 heteroatoms. The van der Waals surface area contributed by atoms with Crippen molar-refractivity contribution in [2.75, 3.05) is 0 Å². The van der Waals surface area contributed by atoms with Crippen LogP contribution in [-0.4, -0.2) is 19.5 Å². The van der Waals surface area contributed by atoms with Gasteiger partial charge in [-0.25, -0.2) is 15.0 Å². The van der Waals surface area contributed by atoms with E-state index in [9.17, 15) is 0 Å². The van der Waals surface area contributed by atoms with Gasteiger partial charge in [-0.2, -0.15) is 0 Å². The summed E-state index contributed by atoms with van der Waals surface area (Å²) in [5.74, 6) is 1.79. The molecule has 0 fully saturated rings. The molecule has 0 aliphatic heterocycles. The number of furan rings is 1. The maximum absolute atomic E-state index is 6.29. The minimum absolute atomic E-state index is 0.583. The van der Waals surface area contributed by atoms with E-state index in [1.807, 2.05) is 79.8 Å². The number of benzene rings is 10. The highest BCUT2D eigenvalue weighted by Crippen LogP contribution is 2.44. The Morgan fingerprint density at radius 1 is 0.391 bits per heavy atom. The van der Waals surface area contributed by atoms with E-state index in [4.69, 9.17) is 19.4 Å². The summed E-state index contributed by atoms with van der Waals surface area (Å²) in [6, 6.07) is 77.6. The molecule has 0 N–H and O–H groups in total. The molecule has 326 valence electrons. The van der Waals surface area contributed by atoms with E-state index in [0.717, 1.165) is 60.9 Å². The molecule has 10 aromatic carbocycles. The summed E-state index contributed by atoms with van der Waals surface area (Å²) in [6.07, 6.45) is 0. The van der Waals surface area contributed by atoms with Gasteiger partial charge < -0.3 is 8.98 Å². The molecule has 0 bridgehead atoms. The van der Waals surface area contributed by atoms with Crippen LogP contribution in [0.4, 0.5) is 0 Å². The van der Waals surface area contributed by atoms with Gasteiger partial charge in [-0.1, -0.05) is 172 Å². The zero-order chi connectivity index (χ0) is 46.0. The van der Waals surface area contributed by atoms with Crippen molar-refractivity contribution >= 4 is 86.0 Å². The summed E-state index contributed by atoms with van der Waals surface area (Å²) in [4.78, 5) is 15.3. The topological polar surface area (TPSA) is 56.7 Å². The van der Waals surface area contributed by atoms with E-state index in [1.54, 1.807) is 0 Å². The minimum Gasteiger partial charge on any atom is -0.456 e. The highest BCUT2D eigenvalue weighted by molar-refractivity contribution is 7.26. The van der Waals surface area contributed by atoms with Crippen molar-refractivity contribution in [2.24, 2.45) is 0 Å². The predicted octanol–water partition coefficient (Wildman–Crippen LogP) is 17.8. The standard InChI is InChI=1S/C61H36N4OS.C2H6/c1-2-14-38(15-3-1)59-62-60(64-61(63-59)42-29-33-48-47-19-6-8-25-53(47)66-54(48)36-42)39-27-31-43(32-28-39)65-52-34-30-37-13-4-5-18-44(37)56(52)51-24-11-21-45(57(51)65)40-16-10-17-41(35-40)46-22-12-23-50-49-20-7-9-26-55(49)67-58(46)50;1-2/h1-36H;1-2H3. The lowest BCUT2D eigenvalue weighted by Gasteiger charge is -2.14. The largest absolute Gasteiger partial charge is 0.456 e. The highest BCUT2D eigenvalue weighted by Gasteiger charge is 2.21. The molecule has 0 amide bonds. The Balaban J connectivity index is 0.00000232. The van der Waals surface area contributed by atoms with Gasteiger partial charge >= 0.3 is 0 Å². The van der Waals surface area contributed by atoms with Gasteiger partial charge in [0.25, 0.3) is 0 Å². The summed E-state index contributed by atoms with van der Waals surface area (Å²) in [7, 11) is 0. The van der Waals surface area contributed by atoms with Crippen LogP contribution in [0.25, 0.3) is 137 Å². The number of hydrogen-bond donors (Lipinski definition) is 0. The van der Waals surface area contributed by atoms with Crippen molar-refractivity contribution in [2.45, 2.75) is 13.8 Å². The minimum atomic E-state index is 0.583. The molecule has 0 saturated heterocycles. The van der Waals surface area contributed by atoms with E-state index in [-0.39, 0.29) is 0 Å². The Labute approximate surface area is 402 Å². The van der Waals surface area contributed by atoms with E-state index in [0.29, 0.717) is 17.5 Å². The molecule has 0 aliphatic rings. The van der Waals surface area contributed by atoms with Crippen molar-refractivity contribution in [1.82, 2.24) is 19.5 Å². The van der Waals surface area contributed by atoms with Crippen LogP contribution in [0.1, 0.15) is 13.8 Å². The lowest BCUT2D eigenvalue weighted by Crippen LogP contribution is -2.00. The van der Waals surface area contributed by atoms with E-state index in [1.165, 1.54) is 58.4 Å². The summed E-state index contributed by atoms with van der Waals surface area (Å²) in [6.45, 7) is 4.00. The molecule has 5 nitrogen and oxygen atoms in total. The van der Waals surface area contributed by atoms with Crippen molar-refractivity contribution < 1.29 is 4.42 Å². The lowest BCUT2D eigenvalue weighted by molar-refractivity contribution is 0.669. The van der Waals surface area contributed by atoms with Crippen LogP contribution in [0.15, 0.2) is 223 Å². The van der Waals surface area contributed by atoms with Gasteiger partial charge in [-0.3, -0.25) is 0 Å². The van der Waals surface area contributed by atoms with Gasteiger partial charge in [-0.05, 0) is 88.1 Å². The van der Waals surface area contributed by atoms with Crippen LogP contribution in [0.5, 0.6) is 0 Å². The SMILES string of the molecule is CC.c1ccc(-c2nc(-c3ccc(-n4c5ccc6ccccc6c5c5cccc(-c6cccc(-c7cccc8c7sc7ccccc78)c6)c54)cc3)nc(-c3ccc4c(c3)oc3ccccc34)n2)cc1. The fourth-order valence-corrected chi connectivity index (χ4v) is 11.4. The summed E-state index contributed by atoms with van der Waals surface area (Å²) >= 11 is 1.87. The zero-order valence-corrected chi connectivity index (χ0v) is 38.7. The lowest BCUT2D eigenvalue weighted by atomic mass is 9.96. The second-order valence-electron chi connectivity index (χ2n) is 17.1. The average molecular weight is 903 g/mol. The number of thiophene rings is 1. The Kier molecular flexibility index (Phi) is 9.73. The average Bonchev–Trinajstić information content (AvgIpc) is 4.11. The first-order chi connectivity index (χ1) is 34.2. The molecule has 4 heterocycles. The third-order valence-corrected chi connectivity index (χ3v) is 14.5. The normalized spacial score (nSPS) is 11.6. The van der Waals surface area contributed by atoms with Crippen molar-refractivity contribution in [3.63, 3.8) is 0 Å². The van der Waals surface area contributed by atoms with Gasteiger partial charge in [0.2, 0.25) is 0 Å². The molecule has 4 aromatic heterocycles. The molecular weight excluding hydrogens is 861 g/mol. The van der Waals surface area contributed by atoms with Crippen LogP contribution in [-0.2, 0) is 0 Å². The third kappa shape index (κ3) is 6.71. The predicted molar refractivity (Wildman–Crippen MR) is 290 cm³/mol. The highest BCUT2D eigenvalue weighted by atomic mass is 32.1. The smallest absolute Gasteiger partial charge is 0.164 e. The Hall–Kier alpha value is -8.71. The van der Waals surface area contributed by atoms with Crippen molar-refractivity contribution in [3.8, 4) is 62.1 Å². The molecule has 0 spiro atoms. The second kappa shape index (κ2) is 16.6. The summed E-state index contributed by atoms with van der Waals surface area (Å²) in [5.41, 5.74) is 12.5. The molecule has 0 saturated carbocycles. The van der Waals surface area contributed by atoms with Gasteiger partial charge in [-0.15, -0.1) is 11.3 Å².